The van der Waals surface area contributed by atoms with E-state index in [-0.39, 0.29) is 0 Å². The fourth-order valence-corrected chi connectivity index (χ4v) is 6.99. The standard InChI is InChI=1S/C46H35N/c1-3-32(45-30-39-10-4-5-11-41(39)42-12-6-7-13-43(42)45)19-24-35-28-37(18-17-31(35)2)38-25-21-33-20-22-34(23-26-36(33)29-38)40-14-8-16-46-44(40)15-9-27-47-46/h3-25,27-31H,1,26H2,2H3/b32-19+,35-24-. The second-order valence-electron chi connectivity index (χ2n) is 12.4. The summed E-state index contributed by atoms with van der Waals surface area (Å²) in [5.41, 5.74) is 12.2. The summed E-state index contributed by atoms with van der Waals surface area (Å²) < 4.78 is 0. The molecule has 1 heterocycles. The van der Waals surface area contributed by atoms with E-state index in [1.165, 1.54) is 71.5 Å². The molecule has 1 heteroatoms. The molecule has 0 fully saturated rings. The fraction of sp³-hybridized carbons (Fsp3) is 0.0652. The molecule has 0 radical (unpaired) electrons. The molecule has 2 aliphatic rings. The number of pyridine rings is 1. The number of hydrogen-bond donors (Lipinski definition) is 0. The van der Waals surface area contributed by atoms with E-state index in [4.69, 9.17) is 0 Å². The van der Waals surface area contributed by atoms with Gasteiger partial charge >= 0.3 is 0 Å². The number of allylic oxidation sites excluding steroid dienone is 12. The topological polar surface area (TPSA) is 12.9 Å². The zero-order chi connectivity index (χ0) is 31.7. The van der Waals surface area contributed by atoms with Crippen LogP contribution in [0.2, 0.25) is 0 Å². The van der Waals surface area contributed by atoms with Crippen molar-refractivity contribution in [3.8, 4) is 0 Å². The van der Waals surface area contributed by atoms with Crippen LogP contribution in [0.15, 0.2) is 170 Å². The third kappa shape index (κ3) is 5.41. The van der Waals surface area contributed by atoms with Crippen LogP contribution in [0.3, 0.4) is 0 Å². The average Bonchev–Trinajstić information content (AvgIpc) is 3.34. The first-order chi connectivity index (χ1) is 23.2. The maximum absolute atomic E-state index is 4.56. The summed E-state index contributed by atoms with van der Waals surface area (Å²) in [7, 11) is 0. The van der Waals surface area contributed by atoms with Gasteiger partial charge in [-0.05, 0) is 102 Å². The van der Waals surface area contributed by atoms with Crippen LogP contribution >= 0.6 is 0 Å². The highest BCUT2D eigenvalue weighted by Gasteiger charge is 2.14. The van der Waals surface area contributed by atoms with Crippen molar-refractivity contribution in [3.05, 3.63) is 198 Å². The van der Waals surface area contributed by atoms with Crippen molar-refractivity contribution in [3.63, 3.8) is 0 Å². The van der Waals surface area contributed by atoms with E-state index in [0.717, 1.165) is 17.5 Å². The van der Waals surface area contributed by atoms with Crippen molar-refractivity contribution in [2.24, 2.45) is 5.92 Å². The molecule has 0 spiro atoms. The van der Waals surface area contributed by atoms with Gasteiger partial charge < -0.3 is 0 Å². The lowest BCUT2D eigenvalue weighted by molar-refractivity contribution is 0.885. The van der Waals surface area contributed by atoms with Gasteiger partial charge in [0.05, 0.1) is 5.52 Å². The third-order valence-electron chi connectivity index (χ3n) is 9.58. The number of rotatable bonds is 5. The Morgan fingerprint density at radius 3 is 2.49 bits per heavy atom. The average molecular weight is 602 g/mol. The highest BCUT2D eigenvalue weighted by Crippen LogP contribution is 2.35. The first kappa shape index (κ1) is 28.7. The molecule has 1 unspecified atom stereocenters. The molecule has 8 rings (SSSR count). The van der Waals surface area contributed by atoms with E-state index in [9.17, 15) is 0 Å². The maximum Gasteiger partial charge on any atom is 0.0708 e. The minimum Gasteiger partial charge on any atom is -0.256 e. The molecule has 6 aromatic rings. The molecule has 0 saturated carbocycles. The Balaban J connectivity index is 1.12. The number of fused-ring (bicyclic) bond motifs is 5. The number of nitrogens with zero attached hydrogens (tertiary/aromatic N) is 1. The van der Waals surface area contributed by atoms with E-state index < -0.39 is 0 Å². The van der Waals surface area contributed by atoms with Crippen LogP contribution in [0.1, 0.15) is 34.7 Å². The van der Waals surface area contributed by atoms with Crippen LogP contribution in [-0.4, -0.2) is 4.98 Å². The summed E-state index contributed by atoms with van der Waals surface area (Å²) in [6, 6.07) is 37.0. The molecule has 5 aromatic carbocycles. The Morgan fingerprint density at radius 1 is 0.766 bits per heavy atom. The van der Waals surface area contributed by atoms with E-state index in [2.05, 4.69) is 164 Å². The molecular weight excluding hydrogens is 567 g/mol. The smallest absolute Gasteiger partial charge is 0.0708 e. The number of hydrogen-bond acceptors (Lipinski definition) is 1. The maximum atomic E-state index is 4.56. The molecule has 0 aliphatic heterocycles. The van der Waals surface area contributed by atoms with E-state index >= 15 is 0 Å². The second-order valence-corrected chi connectivity index (χ2v) is 12.4. The SMILES string of the molecule is C=C/C(=C\C=C1\C=C(c2ccc3c(c2)CC=C(c2cccc4ncccc24)C=C3)C=CC1C)c1cc2ccccc2c2ccccc12. The minimum absolute atomic E-state index is 0.318. The van der Waals surface area contributed by atoms with Gasteiger partial charge in [-0.1, -0.05) is 153 Å². The van der Waals surface area contributed by atoms with Gasteiger partial charge in [0.25, 0.3) is 0 Å². The van der Waals surface area contributed by atoms with E-state index in [1.54, 1.807) is 0 Å². The van der Waals surface area contributed by atoms with E-state index in [0.29, 0.717) is 5.92 Å². The van der Waals surface area contributed by atoms with Gasteiger partial charge in [0, 0.05) is 11.6 Å². The lowest BCUT2D eigenvalue weighted by Crippen LogP contribution is -2.00. The van der Waals surface area contributed by atoms with Crippen LogP contribution in [-0.2, 0) is 6.42 Å². The van der Waals surface area contributed by atoms with Crippen LogP contribution in [0, 0.1) is 5.92 Å². The van der Waals surface area contributed by atoms with Crippen molar-refractivity contribution in [1.29, 1.82) is 0 Å². The molecule has 47 heavy (non-hydrogen) atoms. The van der Waals surface area contributed by atoms with Gasteiger partial charge in [-0.3, -0.25) is 4.98 Å². The minimum atomic E-state index is 0.318. The molecule has 1 aromatic heterocycles. The number of aromatic nitrogens is 1. The highest BCUT2D eigenvalue weighted by molar-refractivity contribution is 6.12. The lowest BCUT2D eigenvalue weighted by atomic mass is 9.87. The highest BCUT2D eigenvalue weighted by atomic mass is 14.6. The quantitative estimate of drug-likeness (QED) is 0.141. The summed E-state index contributed by atoms with van der Waals surface area (Å²) in [5, 5.41) is 6.22. The van der Waals surface area contributed by atoms with Crippen molar-refractivity contribution < 1.29 is 0 Å². The third-order valence-corrected chi connectivity index (χ3v) is 9.58. The monoisotopic (exact) mass is 601 g/mol. The largest absolute Gasteiger partial charge is 0.256 e. The predicted octanol–water partition coefficient (Wildman–Crippen LogP) is 12.0. The molecule has 0 bridgehead atoms. The number of benzene rings is 5. The van der Waals surface area contributed by atoms with Crippen molar-refractivity contribution >= 4 is 55.2 Å². The Labute approximate surface area is 276 Å². The van der Waals surface area contributed by atoms with Gasteiger partial charge in [-0.2, -0.15) is 0 Å². The molecule has 224 valence electrons. The van der Waals surface area contributed by atoms with Gasteiger partial charge in [-0.25, -0.2) is 0 Å². The fourth-order valence-electron chi connectivity index (χ4n) is 6.99. The normalized spacial score (nSPS) is 17.1. The summed E-state index contributed by atoms with van der Waals surface area (Å²) >= 11 is 0. The summed E-state index contributed by atoms with van der Waals surface area (Å²) in [6.07, 6.45) is 23.0. The summed E-state index contributed by atoms with van der Waals surface area (Å²) in [4.78, 5) is 4.56. The molecule has 0 N–H and O–H groups in total. The van der Waals surface area contributed by atoms with Gasteiger partial charge in [0.2, 0.25) is 0 Å². The molecule has 2 aliphatic carbocycles. The molecule has 1 atom stereocenters. The van der Waals surface area contributed by atoms with E-state index in [1.807, 2.05) is 18.3 Å². The Kier molecular flexibility index (Phi) is 7.44. The predicted molar refractivity (Wildman–Crippen MR) is 203 cm³/mol. The Hall–Kier alpha value is -5.79. The van der Waals surface area contributed by atoms with Gasteiger partial charge in [0.15, 0.2) is 0 Å². The summed E-state index contributed by atoms with van der Waals surface area (Å²) in [6.45, 7) is 6.48. The lowest BCUT2D eigenvalue weighted by Gasteiger charge is -2.17. The molecule has 0 saturated heterocycles. The first-order valence-electron chi connectivity index (χ1n) is 16.4. The molecule has 0 amide bonds. The van der Waals surface area contributed by atoms with Crippen molar-refractivity contribution in [2.45, 2.75) is 13.3 Å². The van der Waals surface area contributed by atoms with Crippen molar-refractivity contribution in [2.75, 3.05) is 0 Å². The Bertz CT molecular complexity index is 2400. The zero-order valence-electron chi connectivity index (χ0n) is 26.5. The van der Waals surface area contributed by atoms with Gasteiger partial charge in [-0.15, -0.1) is 0 Å². The Morgan fingerprint density at radius 2 is 1.60 bits per heavy atom. The van der Waals surface area contributed by atoms with Crippen LogP contribution in [0.25, 0.3) is 55.2 Å². The van der Waals surface area contributed by atoms with Crippen LogP contribution in [0.4, 0.5) is 0 Å². The zero-order valence-corrected chi connectivity index (χ0v) is 26.5. The first-order valence-corrected chi connectivity index (χ1v) is 16.4. The van der Waals surface area contributed by atoms with Crippen LogP contribution < -0.4 is 0 Å². The molecular formula is C46H35N. The second kappa shape index (κ2) is 12.2. The van der Waals surface area contributed by atoms with Gasteiger partial charge in [0.1, 0.15) is 0 Å². The van der Waals surface area contributed by atoms with Crippen molar-refractivity contribution in [1.82, 2.24) is 4.98 Å². The summed E-state index contributed by atoms with van der Waals surface area (Å²) in [5.74, 6) is 0.318. The molecule has 1 nitrogen and oxygen atoms in total. The van der Waals surface area contributed by atoms with Crippen LogP contribution in [0.5, 0.6) is 0 Å².